The van der Waals surface area contributed by atoms with Gasteiger partial charge in [-0.3, -0.25) is 0 Å². The van der Waals surface area contributed by atoms with Gasteiger partial charge in [0.05, 0.1) is 12.4 Å². The van der Waals surface area contributed by atoms with Crippen molar-refractivity contribution in [1.29, 1.82) is 0 Å². The minimum Gasteiger partial charge on any atom is -0.206 e. The fourth-order valence-electron chi connectivity index (χ4n) is 1.48. The van der Waals surface area contributed by atoms with E-state index in [9.17, 15) is 8.78 Å². The Bertz CT molecular complexity index is 574. The minimum absolute atomic E-state index is 0.00389. The van der Waals surface area contributed by atoms with Crippen LogP contribution in [-0.4, -0.2) is 0 Å². The zero-order chi connectivity index (χ0) is 13.4. The molecule has 0 radical (unpaired) electrons. The molecule has 1 aromatic heterocycles. The lowest BCUT2D eigenvalue weighted by atomic mass is 10.1. The number of thiophene rings is 1. The van der Waals surface area contributed by atoms with E-state index in [1.54, 1.807) is 0 Å². The second-order valence-electron chi connectivity index (χ2n) is 3.43. The standard InChI is InChI=1S/C11H4Br4F2S/c12-4-1-6(16)9(7(17)2-4)10(14)5-3-8(13)18-11(5)15/h1-3,10H. The second kappa shape index (κ2) is 5.99. The Morgan fingerprint density at radius 3 is 2.00 bits per heavy atom. The number of hydrogen-bond donors (Lipinski definition) is 0. The molecule has 0 N–H and O–H groups in total. The average molecular weight is 526 g/mol. The van der Waals surface area contributed by atoms with Crippen molar-refractivity contribution < 1.29 is 8.78 Å². The highest BCUT2D eigenvalue weighted by Crippen LogP contribution is 2.43. The normalized spacial score (nSPS) is 12.8. The summed E-state index contributed by atoms with van der Waals surface area (Å²) in [5.41, 5.74) is 0.788. The Labute approximate surface area is 140 Å². The highest BCUT2D eigenvalue weighted by Gasteiger charge is 2.23. The van der Waals surface area contributed by atoms with E-state index >= 15 is 0 Å². The Balaban J connectivity index is 2.52. The van der Waals surface area contributed by atoms with Gasteiger partial charge < -0.3 is 0 Å². The molecule has 0 amide bonds. The molecular formula is C11H4Br4F2S. The van der Waals surface area contributed by atoms with Crippen molar-refractivity contribution >= 4 is 75.1 Å². The Morgan fingerprint density at radius 2 is 1.56 bits per heavy atom. The molecule has 0 aliphatic rings. The first-order valence-corrected chi connectivity index (χ1v) is 8.74. The van der Waals surface area contributed by atoms with Crippen LogP contribution in [0.4, 0.5) is 8.78 Å². The number of alkyl halides is 1. The van der Waals surface area contributed by atoms with E-state index in [4.69, 9.17) is 0 Å². The summed E-state index contributed by atoms with van der Waals surface area (Å²) in [7, 11) is 0. The predicted octanol–water partition coefficient (Wildman–Crippen LogP) is 6.80. The molecule has 0 aliphatic carbocycles. The molecule has 1 atom stereocenters. The molecule has 18 heavy (non-hydrogen) atoms. The van der Waals surface area contributed by atoms with Gasteiger partial charge in [0, 0.05) is 10.0 Å². The summed E-state index contributed by atoms with van der Waals surface area (Å²) < 4.78 is 29.8. The van der Waals surface area contributed by atoms with E-state index in [-0.39, 0.29) is 5.56 Å². The Hall–Kier alpha value is 0.700. The smallest absolute Gasteiger partial charge is 0.131 e. The maximum atomic E-state index is 13.9. The monoisotopic (exact) mass is 522 g/mol. The van der Waals surface area contributed by atoms with Crippen LogP contribution in [0, 0.1) is 11.6 Å². The zero-order valence-electron chi connectivity index (χ0n) is 8.49. The summed E-state index contributed by atoms with van der Waals surface area (Å²) in [5, 5.41) is 0. The third-order valence-corrected chi connectivity index (χ3v) is 6.05. The molecule has 0 saturated carbocycles. The van der Waals surface area contributed by atoms with Crippen molar-refractivity contribution in [1.82, 2.24) is 0 Å². The molecule has 1 heterocycles. The summed E-state index contributed by atoms with van der Waals surface area (Å²) >= 11 is 14.6. The maximum Gasteiger partial charge on any atom is 0.131 e. The predicted molar refractivity (Wildman–Crippen MR) is 84.5 cm³/mol. The summed E-state index contributed by atoms with van der Waals surface area (Å²) in [6.45, 7) is 0. The van der Waals surface area contributed by atoms with Gasteiger partial charge >= 0.3 is 0 Å². The fourth-order valence-corrected chi connectivity index (χ4v) is 6.04. The van der Waals surface area contributed by atoms with E-state index < -0.39 is 16.5 Å². The second-order valence-corrected chi connectivity index (χ2v) is 9.01. The van der Waals surface area contributed by atoms with Gasteiger partial charge in [0.2, 0.25) is 0 Å². The van der Waals surface area contributed by atoms with Gasteiger partial charge in [0.15, 0.2) is 0 Å². The van der Waals surface area contributed by atoms with Crippen LogP contribution in [0.15, 0.2) is 30.2 Å². The Kier molecular flexibility index (Phi) is 5.03. The van der Waals surface area contributed by atoms with Gasteiger partial charge in [-0.15, -0.1) is 11.3 Å². The van der Waals surface area contributed by atoms with Crippen molar-refractivity contribution in [3.05, 3.63) is 53.0 Å². The third kappa shape index (κ3) is 3.06. The van der Waals surface area contributed by atoms with E-state index in [1.807, 2.05) is 6.07 Å². The number of benzene rings is 1. The number of rotatable bonds is 2. The summed E-state index contributed by atoms with van der Waals surface area (Å²) in [6.07, 6.45) is 0. The van der Waals surface area contributed by atoms with Gasteiger partial charge in [-0.05, 0) is 55.6 Å². The number of hydrogen-bond acceptors (Lipinski definition) is 1. The molecule has 0 fully saturated rings. The quantitative estimate of drug-likeness (QED) is 0.378. The first-order valence-electron chi connectivity index (χ1n) is 4.63. The molecule has 7 heteroatoms. The van der Waals surface area contributed by atoms with Crippen LogP contribution in [0.2, 0.25) is 0 Å². The molecule has 96 valence electrons. The highest BCUT2D eigenvalue weighted by atomic mass is 79.9. The molecule has 1 aromatic carbocycles. The lowest BCUT2D eigenvalue weighted by Gasteiger charge is -2.12. The van der Waals surface area contributed by atoms with Gasteiger partial charge in [-0.2, -0.15) is 0 Å². The molecular weight excluding hydrogens is 522 g/mol. The van der Waals surface area contributed by atoms with Gasteiger partial charge in [0.25, 0.3) is 0 Å². The summed E-state index contributed by atoms with van der Waals surface area (Å²) in [6, 6.07) is 4.33. The van der Waals surface area contributed by atoms with Crippen molar-refractivity contribution in [2.45, 2.75) is 4.83 Å². The average Bonchev–Trinajstić information content (AvgIpc) is 2.56. The molecule has 0 nitrogen and oxygen atoms in total. The fraction of sp³-hybridized carbons (Fsp3) is 0.0909. The largest absolute Gasteiger partial charge is 0.206 e. The molecule has 1 unspecified atom stereocenters. The maximum absolute atomic E-state index is 13.9. The van der Waals surface area contributed by atoms with Crippen molar-refractivity contribution in [2.24, 2.45) is 0 Å². The van der Waals surface area contributed by atoms with E-state index in [0.29, 0.717) is 4.47 Å². The van der Waals surface area contributed by atoms with Crippen molar-refractivity contribution in [3.63, 3.8) is 0 Å². The topological polar surface area (TPSA) is 0 Å². The molecule has 2 aromatic rings. The van der Waals surface area contributed by atoms with E-state index in [0.717, 1.165) is 13.1 Å². The molecule has 0 bridgehead atoms. The van der Waals surface area contributed by atoms with Crippen LogP contribution < -0.4 is 0 Å². The van der Waals surface area contributed by atoms with Crippen molar-refractivity contribution in [3.8, 4) is 0 Å². The molecule has 0 spiro atoms. The van der Waals surface area contributed by atoms with Crippen LogP contribution in [0.3, 0.4) is 0 Å². The van der Waals surface area contributed by atoms with E-state index in [2.05, 4.69) is 63.7 Å². The zero-order valence-corrected chi connectivity index (χ0v) is 15.6. The van der Waals surface area contributed by atoms with Crippen LogP contribution in [-0.2, 0) is 0 Å². The molecule has 0 saturated heterocycles. The SMILES string of the molecule is Fc1cc(Br)cc(F)c1C(Br)c1cc(Br)sc1Br. The van der Waals surface area contributed by atoms with Crippen LogP contribution in [0.5, 0.6) is 0 Å². The molecule has 0 aliphatic heterocycles. The van der Waals surface area contributed by atoms with Crippen LogP contribution in [0.1, 0.15) is 16.0 Å². The summed E-state index contributed by atoms with van der Waals surface area (Å²) in [4.78, 5) is -0.539. The summed E-state index contributed by atoms with van der Waals surface area (Å²) in [5.74, 6) is -1.17. The van der Waals surface area contributed by atoms with Crippen LogP contribution >= 0.6 is 75.1 Å². The van der Waals surface area contributed by atoms with Gasteiger partial charge in [0.1, 0.15) is 11.6 Å². The first-order chi connectivity index (χ1) is 8.40. The lowest BCUT2D eigenvalue weighted by molar-refractivity contribution is 0.559. The number of halogens is 6. The first kappa shape index (κ1) is 15.1. The highest BCUT2D eigenvalue weighted by molar-refractivity contribution is 9.12. The van der Waals surface area contributed by atoms with Gasteiger partial charge in [-0.1, -0.05) is 31.9 Å². The lowest BCUT2D eigenvalue weighted by Crippen LogP contribution is -2.00. The minimum atomic E-state index is -0.585. The third-order valence-electron chi connectivity index (χ3n) is 2.25. The van der Waals surface area contributed by atoms with Crippen molar-refractivity contribution in [2.75, 3.05) is 0 Å². The molecule has 2 rings (SSSR count). The van der Waals surface area contributed by atoms with Gasteiger partial charge in [-0.25, -0.2) is 8.78 Å². The van der Waals surface area contributed by atoms with E-state index in [1.165, 1.54) is 23.5 Å². The van der Waals surface area contributed by atoms with Crippen LogP contribution in [0.25, 0.3) is 0 Å². The Morgan fingerprint density at radius 1 is 1.00 bits per heavy atom.